The summed E-state index contributed by atoms with van der Waals surface area (Å²) in [6.07, 6.45) is 3.87. The SMILES string of the molecule is Cc1cc(N(C)CCCOc2ccc(S(C)(=O)=O)cc2)ccn1. The Hall–Kier alpha value is -2.08. The minimum atomic E-state index is -3.16. The van der Waals surface area contributed by atoms with Gasteiger partial charge in [-0.3, -0.25) is 4.98 Å². The molecule has 1 aromatic heterocycles. The topological polar surface area (TPSA) is 59.5 Å². The third kappa shape index (κ3) is 5.25. The van der Waals surface area contributed by atoms with Gasteiger partial charge in [-0.1, -0.05) is 0 Å². The number of aromatic nitrogens is 1. The average molecular weight is 334 g/mol. The van der Waals surface area contributed by atoms with E-state index in [0.29, 0.717) is 17.3 Å². The largest absolute Gasteiger partial charge is 0.494 e. The molecule has 0 unspecified atom stereocenters. The lowest BCUT2D eigenvalue weighted by molar-refractivity contribution is 0.312. The molecule has 1 heterocycles. The number of pyridine rings is 1. The first kappa shape index (κ1) is 17.3. The minimum absolute atomic E-state index is 0.303. The quantitative estimate of drug-likeness (QED) is 0.729. The smallest absolute Gasteiger partial charge is 0.175 e. The molecule has 0 radical (unpaired) electrons. The number of hydrogen-bond donors (Lipinski definition) is 0. The Kier molecular flexibility index (Phi) is 5.60. The first-order valence-electron chi connectivity index (χ1n) is 7.43. The van der Waals surface area contributed by atoms with Crippen molar-refractivity contribution in [3.05, 3.63) is 48.3 Å². The van der Waals surface area contributed by atoms with Crippen LogP contribution in [0.2, 0.25) is 0 Å². The molecule has 0 fully saturated rings. The van der Waals surface area contributed by atoms with Crippen molar-refractivity contribution in [3.8, 4) is 5.75 Å². The summed E-state index contributed by atoms with van der Waals surface area (Å²) in [5.41, 5.74) is 2.13. The molecule has 124 valence electrons. The van der Waals surface area contributed by atoms with Crippen molar-refractivity contribution < 1.29 is 13.2 Å². The number of ether oxygens (including phenoxy) is 1. The maximum absolute atomic E-state index is 11.4. The zero-order chi connectivity index (χ0) is 16.9. The monoisotopic (exact) mass is 334 g/mol. The first-order valence-corrected chi connectivity index (χ1v) is 9.32. The van der Waals surface area contributed by atoms with Crippen molar-refractivity contribution in [2.45, 2.75) is 18.2 Å². The van der Waals surface area contributed by atoms with Gasteiger partial charge in [0.05, 0.1) is 11.5 Å². The number of hydrogen-bond acceptors (Lipinski definition) is 5. The van der Waals surface area contributed by atoms with E-state index >= 15 is 0 Å². The molecule has 0 saturated heterocycles. The van der Waals surface area contributed by atoms with E-state index in [1.165, 1.54) is 6.26 Å². The second-order valence-corrected chi connectivity index (χ2v) is 7.54. The summed E-state index contributed by atoms with van der Waals surface area (Å²) in [5, 5.41) is 0. The van der Waals surface area contributed by atoms with Crippen molar-refractivity contribution in [2.75, 3.05) is 31.4 Å². The van der Waals surface area contributed by atoms with E-state index in [2.05, 4.69) is 9.88 Å². The van der Waals surface area contributed by atoms with Gasteiger partial charge >= 0.3 is 0 Å². The van der Waals surface area contributed by atoms with Crippen LogP contribution in [0.1, 0.15) is 12.1 Å². The van der Waals surface area contributed by atoms with Gasteiger partial charge in [0.25, 0.3) is 0 Å². The first-order chi connectivity index (χ1) is 10.9. The molecule has 0 N–H and O–H groups in total. The molecule has 0 bridgehead atoms. The van der Waals surface area contributed by atoms with Gasteiger partial charge < -0.3 is 9.64 Å². The second kappa shape index (κ2) is 7.46. The van der Waals surface area contributed by atoms with Gasteiger partial charge in [-0.05, 0) is 49.7 Å². The summed E-state index contributed by atoms with van der Waals surface area (Å²) in [5.74, 6) is 0.680. The molecule has 0 saturated carbocycles. The highest BCUT2D eigenvalue weighted by Crippen LogP contribution is 2.16. The van der Waals surface area contributed by atoms with Gasteiger partial charge in [0.2, 0.25) is 0 Å². The molecule has 23 heavy (non-hydrogen) atoms. The summed E-state index contributed by atoms with van der Waals surface area (Å²) < 4.78 is 28.4. The number of benzene rings is 1. The standard InChI is InChI=1S/C17H22N2O3S/c1-14-13-15(9-10-18-14)19(2)11-4-12-22-16-5-7-17(8-6-16)23(3,20)21/h5-10,13H,4,11-12H2,1-3H3. The zero-order valence-electron chi connectivity index (χ0n) is 13.7. The lowest BCUT2D eigenvalue weighted by Gasteiger charge is -2.19. The van der Waals surface area contributed by atoms with Crippen molar-refractivity contribution in [3.63, 3.8) is 0 Å². The van der Waals surface area contributed by atoms with E-state index in [4.69, 9.17) is 4.74 Å². The number of anilines is 1. The van der Waals surface area contributed by atoms with Crippen molar-refractivity contribution in [2.24, 2.45) is 0 Å². The average Bonchev–Trinajstić information content (AvgIpc) is 2.51. The van der Waals surface area contributed by atoms with Crippen LogP contribution in [0.4, 0.5) is 5.69 Å². The molecule has 2 aromatic rings. The summed E-state index contributed by atoms with van der Waals surface area (Å²) in [4.78, 5) is 6.65. The van der Waals surface area contributed by atoms with Crippen LogP contribution in [0.5, 0.6) is 5.75 Å². The maximum atomic E-state index is 11.4. The van der Waals surface area contributed by atoms with E-state index < -0.39 is 9.84 Å². The Morgan fingerprint density at radius 2 is 1.87 bits per heavy atom. The number of sulfone groups is 1. The molecular weight excluding hydrogens is 312 g/mol. The summed E-state index contributed by atoms with van der Waals surface area (Å²) in [7, 11) is -1.12. The van der Waals surface area contributed by atoms with E-state index in [9.17, 15) is 8.42 Å². The van der Waals surface area contributed by atoms with Crippen LogP contribution in [0.3, 0.4) is 0 Å². The van der Waals surface area contributed by atoms with Gasteiger partial charge in [0.15, 0.2) is 9.84 Å². The summed E-state index contributed by atoms with van der Waals surface area (Å²) in [6.45, 7) is 3.41. The number of nitrogens with zero attached hydrogens (tertiary/aromatic N) is 2. The molecule has 0 aliphatic carbocycles. The van der Waals surface area contributed by atoms with Crippen molar-refractivity contribution >= 4 is 15.5 Å². The van der Waals surface area contributed by atoms with Crippen LogP contribution in [0.15, 0.2) is 47.5 Å². The lowest BCUT2D eigenvalue weighted by Crippen LogP contribution is -2.20. The Morgan fingerprint density at radius 3 is 2.48 bits per heavy atom. The lowest BCUT2D eigenvalue weighted by atomic mass is 10.3. The van der Waals surface area contributed by atoms with E-state index in [0.717, 1.165) is 24.3 Å². The zero-order valence-corrected chi connectivity index (χ0v) is 14.5. The fourth-order valence-corrected chi connectivity index (χ4v) is 2.80. The van der Waals surface area contributed by atoms with Crippen LogP contribution < -0.4 is 9.64 Å². The Bertz CT molecular complexity index is 743. The predicted octanol–water partition coefficient (Wildman–Crippen LogP) is 2.70. The molecule has 0 aliphatic heterocycles. The predicted molar refractivity (Wildman–Crippen MR) is 91.9 cm³/mol. The third-order valence-corrected chi connectivity index (χ3v) is 4.61. The molecule has 2 rings (SSSR count). The van der Waals surface area contributed by atoms with Crippen LogP contribution in [-0.4, -0.2) is 39.9 Å². The number of aryl methyl sites for hydroxylation is 1. The molecule has 5 nitrogen and oxygen atoms in total. The van der Waals surface area contributed by atoms with Gasteiger partial charge in [0, 0.05) is 37.4 Å². The van der Waals surface area contributed by atoms with E-state index in [1.807, 2.05) is 26.1 Å². The summed E-state index contributed by atoms with van der Waals surface area (Å²) >= 11 is 0. The maximum Gasteiger partial charge on any atom is 0.175 e. The molecule has 6 heteroatoms. The van der Waals surface area contributed by atoms with Gasteiger partial charge in [-0.25, -0.2) is 8.42 Å². The Balaban J connectivity index is 1.79. The van der Waals surface area contributed by atoms with E-state index in [1.54, 1.807) is 30.5 Å². The summed E-state index contributed by atoms with van der Waals surface area (Å²) in [6, 6.07) is 10.5. The van der Waals surface area contributed by atoms with Crippen molar-refractivity contribution in [1.82, 2.24) is 4.98 Å². The Morgan fingerprint density at radius 1 is 1.17 bits per heavy atom. The highest BCUT2D eigenvalue weighted by atomic mass is 32.2. The molecule has 1 aromatic carbocycles. The van der Waals surface area contributed by atoms with Crippen LogP contribution in [0, 0.1) is 6.92 Å². The van der Waals surface area contributed by atoms with Crippen LogP contribution in [0.25, 0.3) is 0 Å². The minimum Gasteiger partial charge on any atom is -0.494 e. The molecule has 0 amide bonds. The Labute approximate surface area is 137 Å². The normalized spacial score (nSPS) is 11.3. The van der Waals surface area contributed by atoms with Gasteiger partial charge in [-0.15, -0.1) is 0 Å². The van der Waals surface area contributed by atoms with E-state index in [-0.39, 0.29) is 0 Å². The van der Waals surface area contributed by atoms with Crippen molar-refractivity contribution in [1.29, 1.82) is 0 Å². The molecular formula is C17H22N2O3S. The van der Waals surface area contributed by atoms with Crippen LogP contribution in [-0.2, 0) is 9.84 Å². The molecule has 0 atom stereocenters. The fourth-order valence-electron chi connectivity index (χ4n) is 2.17. The third-order valence-electron chi connectivity index (χ3n) is 3.48. The number of rotatable bonds is 7. The van der Waals surface area contributed by atoms with Crippen LogP contribution >= 0.6 is 0 Å². The highest BCUT2D eigenvalue weighted by molar-refractivity contribution is 7.90. The molecule has 0 aliphatic rings. The van der Waals surface area contributed by atoms with Gasteiger partial charge in [0.1, 0.15) is 5.75 Å². The second-order valence-electron chi connectivity index (χ2n) is 5.52. The molecule has 0 spiro atoms. The fraction of sp³-hybridized carbons (Fsp3) is 0.353. The van der Waals surface area contributed by atoms with Gasteiger partial charge in [-0.2, -0.15) is 0 Å². The highest BCUT2D eigenvalue weighted by Gasteiger charge is 2.06.